The predicted octanol–water partition coefficient (Wildman–Crippen LogP) is 7.44. The van der Waals surface area contributed by atoms with Gasteiger partial charge in [0.25, 0.3) is 5.91 Å². The smallest absolute Gasteiger partial charge is 0.258 e. The molecular formula is C26H25Cl2NO. The second-order valence-corrected chi connectivity index (χ2v) is 9.79. The number of amides is 1. The third-order valence-electron chi connectivity index (χ3n) is 6.16. The molecule has 3 aromatic carbocycles. The highest BCUT2D eigenvalue weighted by Gasteiger charge is 2.47. The normalized spacial score (nSPS) is 20.0. The topological polar surface area (TPSA) is 20.3 Å². The summed E-state index contributed by atoms with van der Waals surface area (Å²) in [6.07, 6.45) is 0.799. The Kier molecular flexibility index (Phi) is 5.20. The number of hydrogen-bond donors (Lipinski definition) is 0. The zero-order chi connectivity index (χ0) is 21.7. The number of hydrogen-bond acceptors (Lipinski definition) is 1. The second kappa shape index (κ2) is 7.44. The van der Waals surface area contributed by atoms with Gasteiger partial charge in [-0.2, -0.15) is 0 Å². The van der Waals surface area contributed by atoms with E-state index >= 15 is 0 Å². The summed E-state index contributed by atoms with van der Waals surface area (Å²) in [6, 6.07) is 22.0. The minimum absolute atomic E-state index is 0.0706. The molecule has 4 rings (SSSR count). The molecule has 0 aromatic heterocycles. The van der Waals surface area contributed by atoms with Gasteiger partial charge in [-0.3, -0.25) is 4.79 Å². The predicted molar refractivity (Wildman–Crippen MR) is 126 cm³/mol. The van der Waals surface area contributed by atoms with Crippen LogP contribution in [0.3, 0.4) is 0 Å². The summed E-state index contributed by atoms with van der Waals surface area (Å²) in [7, 11) is 0. The van der Waals surface area contributed by atoms with Gasteiger partial charge >= 0.3 is 0 Å². The van der Waals surface area contributed by atoms with Crippen molar-refractivity contribution >= 4 is 34.8 Å². The summed E-state index contributed by atoms with van der Waals surface area (Å²) in [5.41, 5.74) is 4.47. The Hall–Kier alpha value is -2.29. The van der Waals surface area contributed by atoms with Crippen molar-refractivity contribution in [3.05, 3.63) is 99.0 Å². The van der Waals surface area contributed by atoms with E-state index in [0.29, 0.717) is 15.6 Å². The number of benzene rings is 3. The number of halogens is 2. The maximum Gasteiger partial charge on any atom is 0.258 e. The second-order valence-electron chi connectivity index (χ2n) is 8.98. The largest absolute Gasteiger partial charge is 0.302 e. The van der Waals surface area contributed by atoms with Crippen LogP contribution in [0.4, 0.5) is 5.69 Å². The standard InChI is InChI=1S/C26H25Cl2NO/c1-17-10-13-23-20(14-17)26(4,19-8-6-5-7-9-19)16-25(2,3)29(23)24(30)18-11-12-21(27)22(28)15-18/h5-15H,16H2,1-4H3/t26-/m0/s1. The summed E-state index contributed by atoms with van der Waals surface area (Å²) in [5.74, 6) is -0.0706. The van der Waals surface area contributed by atoms with Gasteiger partial charge in [0.2, 0.25) is 0 Å². The van der Waals surface area contributed by atoms with E-state index in [2.05, 4.69) is 70.2 Å². The third-order valence-corrected chi connectivity index (χ3v) is 6.90. The van der Waals surface area contributed by atoms with Gasteiger partial charge < -0.3 is 4.90 Å². The van der Waals surface area contributed by atoms with Gasteiger partial charge in [-0.15, -0.1) is 0 Å². The summed E-state index contributed by atoms with van der Waals surface area (Å²) in [6.45, 7) is 8.64. The molecule has 1 atom stereocenters. The lowest BCUT2D eigenvalue weighted by molar-refractivity contribution is 0.0948. The van der Waals surface area contributed by atoms with E-state index in [1.807, 2.05) is 11.0 Å². The highest BCUT2D eigenvalue weighted by atomic mass is 35.5. The Balaban J connectivity index is 1.91. The molecule has 30 heavy (non-hydrogen) atoms. The molecule has 3 aromatic rings. The highest BCUT2D eigenvalue weighted by Crippen LogP contribution is 2.51. The molecule has 0 saturated heterocycles. The molecular weight excluding hydrogens is 413 g/mol. The van der Waals surface area contributed by atoms with Crippen molar-refractivity contribution in [2.75, 3.05) is 4.90 Å². The molecule has 0 bridgehead atoms. The van der Waals surface area contributed by atoms with E-state index in [1.54, 1.807) is 18.2 Å². The van der Waals surface area contributed by atoms with E-state index < -0.39 is 5.54 Å². The van der Waals surface area contributed by atoms with Crippen molar-refractivity contribution < 1.29 is 4.79 Å². The minimum atomic E-state index is -0.407. The van der Waals surface area contributed by atoms with Gasteiger partial charge in [0.15, 0.2) is 0 Å². The van der Waals surface area contributed by atoms with E-state index in [4.69, 9.17) is 23.2 Å². The van der Waals surface area contributed by atoms with E-state index in [1.165, 1.54) is 16.7 Å². The monoisotopic (exact) mass is 437 g/mol. The Morgan fingerprint density at radius 2 is 1.60 bits per heavy atom. The molecule has 0 radical (unpaired) electrons. The molecule has 0 spiro atoms. The van der Waals surface area contributed by atoms with Crippen LogP contribution in [0.5, 0.6) is 0 Å². The molecule has 1 heterocycles. The SMILES string of the molecule is Cc1ccc2c(c1)[C@](C)(c1ccccc1)CC(C)(C)N2C(=O)c1ccc(Cl)c(Cl)c1. The maximum absolute atomic E-state index is 13.7. The Bertz CT molecular complexity index is 1120. The molecule has 1 amide bonds. The Labute approximate surface area is 188 Å². The zero-order valence-corrected chi connectivity index (χ0v) is 19.2. The fraction of sp³-hybridized carbons (Fsp3) is 0.269. The van der Waals surface area contributed by atoms with Crippen molar-refractivity contribution in [3.8, 4) is 0 Å². The molecule has 2 nitrogen and oxygen atoms in total. The van der Waals surface area contributed by atoms with Crippen molar-refractivity contribution in [3.63, 3.8) is 0 Å². The van der Waals surface area contributed by atoms with Crippen LogP contribution in [0.15, 0.2) is 66.7 Å². The van der Waals surface area contributed by atoms with Gasteiger partial charge in [-0.05, 0) is 62.6 Å². The van der Waals surface area contributed by atoms with Crippen molar-refractivity contribution in [2.24, 2.45) is 0 Å². The molecule has 0 aliphatic carbocycles. The molecule has 0 saturated carbocycles. The Morgan fingerprint density at radius 1 is 0.900 bits per heavy atom. The van der Waals surface area contributed by atoms with Crippen LogP contribution < -0.4 is 4.90 Å². The number of carbonyl (C=O) groups excluding carboxylic acids is 1. The fourth-order valence-corrected chi connectivity index (χ4v) is 5.16. The van der Waals surface area contributed by atoms with E-state index in [9.17, 15) is 4.79 Å². The van der Waals surface area contributed by atoms with Gasteiger partial charge in [0.05, 0.1) is 10.0 Å². The molecule has 154 valence electrons. The first-order chi connectivity index (χ1) is 14.1. The average Bonchev–Trinajstić information content (AvgIpc) is 2.70. The summed E-state index contributed by atoms with van der Waals surface area (Å²) in [5, 5.41) is 0.828. The molecule has 0 fully saturated rings. The summed E-state index contributed by atoms with van der Waals surface area (Å²) < 4.78 is 0. The van der Waals surface area contributed by atoms with Crippen LogP contribution in [0.2, 0.25) is 10.0 Å². The van der Waals surface area contributed by atoms with Crippen LogP contribution >= 0.6 is 23.2 Å². The highest BCUT2D eigenvalue weighted by molar-refractivity contribution is 6.42. The van der Waals surface area contributed by atoms with Crippen molar-refractivity contribution in [1.82, 2.24) is 0 Å². The van der Waals surface area contributed by atoms with Gasteiger partial charge in [-0.1, -0.05) is 78.2 Å². The number of fused-ring (bicyclic) bond motifs is 1. The van der Waals surface area contributed by atoms with Crippen molar-refractivity contribution in [2.45, 2.75) is 45.1 Å². The van der Waals surface area contributed by atoms with Crippen LogP contribution in [0, 0.1) is 6.92 Å². The van der Waals surface area contributed by atoms with Crippen LogP contribution in [-0.4, -0.2) is 11.4 Å². The molecule has 1 aliphatic heterocycles. The van der Waals surface area contributed by atoms with Crippen LogP contribution in [0.1, 0.15) is 54.2 Å². The first-order valence-corrected chi connectivity index (χ1v) is 10.9. The fourth-order valence-electron chi connectivity index (χ4n) is 4.86. The maximum atomic E-state index is 13.7. The third kappa shape index (κ3) is 3.42. The lowest BCUT2D eigenvalue weighted by Crippen LogP contribution is -2.55. The summed E-state index contributed by atoms with van der Waals surface area (Å²) in [4.78, 5) is 15.6. The Morgan fingerprint density at radius 3 is 2.27 bits per heavy atom. The number of carbonyl (C=O) groups is 1. The average molecular weight is 438 g/mol. The molecule has 0 unspecified atom stereocenters. The summed E-state index contributed by atoms with van der Waals surface area (Å²) >= 11 is 12.3. The van der Waals surface area contributed by atoms with Crippen LogP contribution in [0.25, 0.3) is 0 Å². The van der Waals surface area contributed by atoms with E-state index in [0.717, 1.165) is 12.1 Å². The first-order valence-electron chi connectivity index (χ1n) is 10.1. The number of nitrogens with zero attached hydrogens (tertiary/aromatic N) is 1. The molecule has 4 heteroatoms. The number of anilines is 1. The first kappa shape index (κ1) is 21.0. The zero-order valence-electron chi connectivity index (χ0n) is 17.7. The van der Waals surface area contributed by atoms with Gasteiger partial charge in [0.1, 0.15) is 0 Å². The molecule has 0 N–H and O–H groups in total. The minimum Gasteiger partial charge on any atom is -0.302 e. The molecule has 1 aliphatic rings. The lowest BCUT2D eigenvalue weighted by atomic mass is 9.65. The van der Waals surface area contributed by atoms with E-state index in [-0.39, 0.29) is 11.3 Å². The van der Waals surface area contributed by atoms with Crippen molar-refractivity contribution in [1.29, 1.82) is 0 Å². The lowest BCUT2D eigenvalue weighted by Gasteiger charge is -2.51. The number of rotatable bonds is 2. The quantitative estimate of drug-likeness (QED) is 0.407. The van der Waals surface area contributed by atoms with Gasteiger partial charge in [-0.25, -0.2) is 0 Å². The van der Waals surface area contributed by atoms with Crippen LogP contribution in [-0.2, 0) is 5.41 Å². The number of aryl methyl sites for hydroxylation is 1. The van der Waals surface area contributed by atoms with Gasteiger partial charge in [0, 0.05) is 22.2 Å².